The average Bonchev–Trinajstić information content (AvgIpc) is 2.87. The number of hydrogen-bond donors (Lipinski definition) is 0. The van der Waals surface area contributed by atoms with Crippen molar-refractivity contribution in [3.63, 3.8) is 0 Å². The van der Waals surface area contributed by atoms with E-state index in [0.29, 0.717) is 12.0 Å². The number of ether oxygens (including phenoxy) is 1. The predicted molar refractivity (Wildman–Crippen MR) is 59.0 cm³/mol. The van der Waals surface area contributed by atoms with Gasteiger partial charge < -0.3 is 4.74 Å². The number of aromatic nitrogens is 1. The lowest BCUT2D eigenvalue weighted by Gasteiger charge is -2.15. The van der Waals surface area contributed by atoms with Crippen molar-refractivity contribution in [1.29, 1.82) is 0 Å². The van der Waals surface area contributed by atoms with Crippen LogP contribution >= 0.6 is 11.6 Å². The van der Waals surface area contributed by atoms with Crippen LogP contribution in [0, 0.1) is 11.8 Å². The topological polar surface area (TPSA) is 22.1 Å². The molecule has 2 saturated carbocycles. The first-order chi connectivity index (χ1) is 7.35. The maximum atomic E-state index is 5.92. The van der Waals surface area contributed by atoms with Crippen LogP contribution in [0.25, 0.3) is 0 Å². The van der Waals surface area contributed by atoms with Crippen LogP contribution in [0.15, 0.2) is 18.3 Å². The minimum atomic E-state index is 0.430. The number of hydrogen-bond acceptors (Lipinski definition) is 2. The summed E-state index contributed by atoms with van der Waals surface area (Å²) >= 11 is 5.73. The van der Waals surface area contributed by atoms with Crippen LogP contribution < -0.4 is 4.74 Å². The van der Waals surface area contributed by atoms with Crippen LogP contribution in [0.1, 0.15) is 25.0 Å². The maximum absolute atomic E-state index is 5.92. The van der Waals surface area contributed by atoms with Gasteiger partial charge in [0.2, 0.25) is 0 Å². The molecule has 3 rings (SSSR count). The molecule has 0 bridgehead atoms. The van der Waals surface area contributed by atoms with E-state index in [1.165, 1.54) is 19.3 Å². The van der Waals surface area contributed by atoms with Gasteiger partial charge in [-0.1, -0.05) is 0 Å². The molecular formula is C12H14ClNO. The summed E-state index contributed by atoms with van der Waals surface area (Å²) in [5.41, 5.74) is 0.886. The second-order valence-corrected chi connectivity index (χ2v) is 4.85. The van der Waals surface area contributed by atoms with E-state index in [1.807, 2.05) is 12.1 Å². The van der Waals surface area contributed by atoms with Gasteiger partial charge in [0.25, 0.3) is 0 Å². The number of nitrogens with zero attached hydrogens (tertiary/aromatic N) is 1. The molecular weight excluding hydrogens is 210 g/mol. The highest BCUT2D eigenvalue weighted by molar-refractivity contribution is 6.16. The van der Waals surface area contributed by atoms with Crippen LogP contribution in [0.2, 0.25) is 0 Å². The summed E-state index contributed by atoms with van der Waals surface area (Å²) in [4.78, 5) is 4.14. The first-order valence-corrected chi connectivity index (χ1v) is 6.06. The van der Waals surface area contributed by atoms with Crippen LogP contribution in [0.3, 0.4) is 0 Å². The van der Waals surface area contributed by atoms with E-state index in [1.54, 1.807) is 6.20 Å². The Bertz CT molecular complexity index is 358. The minimum Gasteiger partial charge on any atom is -0.490 e. The fourth-order valence-electron chi connectivity index (χ4n) is 2.55. The summed E-state index contributed by atoms with van der Waals surface area (Å²) < 4.78 is 5.92. The molecule has 0 N–H and O–H groups in total. The highest BCUT2D eigenvalue weighted by Gasteiger charge is 2.46. The van der Waals surface area contributed by atoms with E-state index in [-0.39, 0.29) is 0 Å². The largest absolute Gasteiger partial charge is 0.490 e. The van der Waals surface area contributed by atoms with Crippen LogP contribution in [0.4, 0.5) is 0 Å². The van der Waals surface area contributed by atoms with Crippen molar-refractivity contribution in [2.24, 2.45) is 11.8 Å². The summed E-state index contributed by atoms with van der Waals surface area (Å²) in [6.45, 7) is 0. The van der Waals surface area contributed by atoms with E-state index in [0.717, 1.165) is 23.3 Å². The molecule has 0 spiro atoms. The number of halogens is 1. The van der Waals surface area contributed by atoms with Gasteiger partial charge in [-0.15, -0.1) is 11.6 Å². The van der Waals surface area contributed by atoms with Crippen molar-refractivity contribution in [3.05, 3.63) is 24.0 Å². The van der Waals surface area contributed by atoms with Gasteiger partial charge in [0.1, 0.15) is 5.75 Å². The van der Waals surface area contributed by atoms with Crippen molar-refractivity contribution in [2.75, 3.05) is 0 Å². The van der Waals surface area contributed by atoms with Gasteiger partial charge in [-0.2, -0.15) is 0 Å². The first-order valence-electron chi connectivity index (χ1n) is 5.52. The lowest BCUT2D eigenvalue weighted by Crippen LogP contribution is -2.13. The van der Waals surface area contributed by atoms with Gasteiger partial charge in [-0.25, -0.2) is 0 Å². The molecule has 2 fully saturated rings. The smallest absolute Gasteiger partial charge is 0.123 e. The fourth-order valence-corrected chi connectivity index (χ4v) is 2.70. The minimum absolute atomic E-state index is 0.430. The van der Waals surface area contributed by atoms with Crippen molar-refractivity contribution < 1.29 is 4.74 Å². The van der Waals surface area contributed by atoms with Crippen molar-refractivity contribution >= 4 is 11.6 Å². The van der Waals surface area contributed by atoms with Crippen molar-refractivity contribution in [1.82, 2.24) is 4.98 Å². The Labute approximate surface area is 94.6 Å². The quantitative estimate of drug-likeness (QED) is 0.735. The van der Waals surface area contributed by atoms with Crippen LogP contribution in [-0.2, 0) is 5.88 Å². The lowest BCUT2D eigenvalue weighted by molar-refractivity contribution is 0.194. The summed E-state index contributed by atoms with van der Waals surface area (Å²) in [6, 6.07) is 3.86. The Morgan fingerprint density at radius 3 is 2.87 bits per heavy atom. The molecule has 3 heteroatoms. The zero-order valence-electron chi connectivity index (χ0n) is 8.53. The molecule has 2 aliphatic rings. The standard InChI is InChI=1S/C12H14ClNO/c13-7-10-6-11(1-2-14-10)15-12-4-8-3-9(8)5-12/h1-2,6,8-9,12H,3-5,7H2/t8-,9?,12+/m0/s1. The fraction of sp³-hybridized carbons (Fsp3) is 0.583. The Hall–Kier alpha value is -0.760. The molecule has 80 valence electrons. The third-order valence-corrected chi connectivity index (χ3v) is 3.70. The Balaban J connectivity index is 1.65. The molecule has 0 amide bonds. The normalized spacial score (nSPS) is 32.5. The van der Waals surface area contributed by atoms with Crippen LogP contribution in [-0.4, -0.2) is 11.1 Å². The number of alkyl halides is 1. The van der Waals surface area contributed by atoms with Gasteiger partial charge in [-0.3, -0.25) is 4.98 Å². The summed E-state index contributed by atoms with van der Waals surface area (Å²) in [6.07, 6.45) is 6.11. The Kier molecular flexibility index (Phi) is 2.32. The molecule has 0 radical (unpaired) electrons. The third kappa shape index (κ3) is 1.96. The van der Waals surface area contributed by atoms with Gasteiger partial charge in [0.05, 0.1) is 17.7 Å². The van der Waals surface area contributed by atoms with Gasteiger partial charge in [0, 0.05) is 12.3 Å². The average molecular weight is 224 g/mol. The Morgan fingerprint density at radius 2 is 2.13 bits per heavy atom. The molecule has 0 aromatic carbocycles. The third-order valence-electron chi connectivity index (χ3n) is 3.43. The summed E-state index contributed by atoms with van der Waals surface area (Å²) in [5.74, 6) is 3.30. The van der Waals surface area contributed by atoms with Crippen molar-refractivity contribution in [2.45, 2.75) is 31.2 Å². The molecule has 1 aromatic heterocycles. The number of rotatable bonds is 3. The zero-order chi connectivity index (χ0) is 10.3. The molecule has 1 aromatic rings. The lowest BCUT2D eigenvalue weighted by atomic mass is 10.2. The number of fused-ring (bicyclic) bond motifs is 1. The molecule has 0 aliphatic heterocycles. The second-order valence-electron chi connectivity index (χ2n) is 4.58. The second kappa shape index (κ2) is 3.67. The monoisotopic (exact) mass is 223 g/mol. The first kappa shape index (κ1) is 9.46. The van der Waals surface area contributed by atoms with E-state index in [9.17, 15) is 0 Å². The van der Waals surface area contributed by atoms with E-state index in [4.69, 9.17) is 16.3 Å². The van der Waals surface area contributed by atoms with Crippen molar-refractivity contribution in [3.8, 4) is 5.75 Å². The molecule has 2 nitrogen and oxygen atoms in total. The van der Waals surface area contributed by atoms with Gasteiger partial charge in [-0.05, 0) is 37.2 Å². The molecule has 0 saturated heterocycles. The van der Waals surface area contributed by atoms with E-state index < -0.39 is 0 Å². The Morgan fingerprint density at radius 1 is 1.33 bits per heavy atom. The summed E-state index contributed by atoms with van der Waals surface area (Å²) in [7, 11) is 0. The highest BCUT2D eigenvalue weighted by Crippen LogP contribution is 2.52. The summed E-state index contributed by atoms with van der Waals surface area (Å²) in [5, 5.41) is 0. The molecule has 3 atom stereocenters. The molecule has 2 aliphatic carbocycles. The van der Waals surface area contributed by atoms with Crippen LogP contribution in [0.5, 0.6) is 5.75 Å². The SMILES string of the molecule is ClCc1cc(O[C@H]2CC3C[C@H]3C2)ccn1. The predicted octanol–water partition coefficient (Wildman–Crippen LogP) is 3.00. The maximum Gasteiger partial charge on any atom is 0.123 e. The zero-order valence-corrected chi connectivity index (χ0v) is 9.28. The highest BCUT2D eigenvalue weighted by atomic mass is 35.5. The number of pyridine rings is 1. The molecule has 15 heavy (non-hydrogen) atoms. The molecule has 1 unspecified atom stereocenters. The van der Waals surface area contributed by atoms with Gasteiger partial charge >= 0.3 is 0 Å². The van der Waals surface area contributed by atoms with E-state index in [2.05, 4.69) is 4.98 Å². The van der Waals surface area contributed by atoms with E-state index >= 15 is 0 Å². The van der Waals surface area contributed by atoms with Gasteiger partial charge in [0.15, 0.2) is 0 Å². The molecule has 1 heterocycles.